The fourth-order valence-corrected chi connectivity index (χ4v) is 2.24. The highest BCUT2D eigenvalue weighted by Crippen LogP contribution is 2.26. The molecule has 2 atom stereocenters. The van der Waals surface area contributed by atoms with Crippen LogP contribution < -0.4 is 5.32 Å². The molecule has 0 radical (unpaired) electrons. The highest BCUT2D eigenvalue weighted by atomic mass is 16.2. The molecule has 2 aliphatic heterocycles. The highest BCUT2D eigenvalue weighted by molar-refractivity contribution is 5.74. The zero-order valence-electron chi connectivity index (χ0n) is 6.84. The third kappa shape index (κ3) is 1.03. The molecule has 0 saturated carbocycles. The van der Waals surface area contributed by atoms with E-state index in [0.29, 0.717) is 6.04 Å². The Morgan fingerprint density at radius 2 is 2.36 bits per heavy atom. The van der Waals surface area contributed by atoms with Crippen LogP contribution in [0.4, 0.5) is 0 Å². The molecule has 0 aliphatic carbocycles. The quantitative estimate of drug-likeness (QED) is 0.525. The second-order valence-corrected chi connectivity index (χ2v) is 3.49. The summed E-state index contributed by atoms with van der Waals surface area (Å²) < 4.78 is 0. The van der Waals surface area contributed by atoms with Crippen LogP contribution in [0.5, 0.6) is 0 Å². The van der Waals surface area contributed by atoms with E-state index in [0.717, 1.165) is 25.6 Å². The van der Waals surface area contributed by atoms with Crippen molar-refractivity contribution in [3.63, 3.8) is 0 Å². The van der Waals surface area contributed by atoms with E-state index in [1.807, 2.05) is 4.90 Å². The first-order valence-corrected chi connectivity index (χ1v) is 4.27. The van der Waals surface area contributed by atoms with Gasteiger partial charge in [0, 0.05) is 32.6 Å². The number of hydrogen-bond donors (Lipinski definition) is 1. The van der Waals surface area contributed by atoms with Gasteiger partial charge in [-0.2, -0.15) is 0 Å². The lowest BCUT2D eigenvalue weighted by atomic mass is 10.1. The third-order valence-electron chi connectivity index (χ3n) is 2.85. The Labute approximate surface area is 66.8 Å². The summed E-state index contributed by atoms with van der Waals surface area (Å²) in [5.41, 5.74) is 0. The molecule has 1 N–H and O–H groups in total. The van der Waals surface area contributed by atoms with E-state index in [2.05, 4.69) is 5.32 Å². The van der Waals surface area contributed by atoms with Crippen molar-refractivity contribution in [2.24, 2.45) is 5.92 Å². The molecule has 0 bridgehead atoms. The minimum atomic E-state index is 0.237. The number of fused-ring (bicyclic) bond motifs is 1. The van der Waals surface area contributed by atoms with Crippen molar-refractivity contribution < 1.29 is 4.79 Å². The van der Waals surface area contributed by atoms with E-state index in [4.69, 9.17) is 0 Å². The zero-order chi connectivity index (χ0) is 7.84. The predicted octanol–water partition coefficient (Wildman–Crippen LogP) is -0.173. The van der Waals surface area contributed by atoms with Gasteiger partial charge in [0.25, 0.3) is 0 Å². The topological polar surface area (TPSA) is 32.3 Å². The number of carbonyl (C=O) groups is 1. The van der Waals surface area contributed by atoms with Gasteiger partial charge in [-0.3, -0.25) is 4.79 Å². The van der Waals surface area contributed by atoms with Gasteiger partial charge in [-0.05, 0) is 12.3 Å². The summed E-state index contributed by atoms with van der Waals surface area (Å²) in [4.78, 5) is 13.1. The molecule has 2 heterocycles. The molecule has 2 saturated heterocycles. The maximum Gasteiger partial charge on any atom is 0.219 e. The molecule has 0 unspecified atom stereocenters. The highest BCUT2D eigenvalue weighted by Gasteiger charge is 2.38. The molecule has 11 heavy (non-hydrogen) atoms. The number of nitrogens with one attached hydrogen (secondary N) is 1. The first kappa shape index (κ1) is 7.10. The fourth-order valence-electron chi connectivity index (χ4n) is 2.24. The van der Waals surface area contributed by atoms with Crippen LogP contribution in [0.25, 0.3) is 0 Å². The minimum Gasteiger partial charge on any atom is -0.338 e. The predicted molar refractivity (Wildman–Crippen MR) is 42.2 cm³/mol. The van der Waals surface area contributed by atoms with E-state index < -0.39 is 0 Å². The van der Waals surface area contributed by atoms with E-state index in [9.17, 15) is 4.79 Å². The summed E-state index contributed by atoms with van der Waals surface area (Å²) in [5, 5.41) is 3.32. The molecule has 2 rings (SSSR count). The molecule has 1 amide bonds. The Hall–Kier alpha value is -0.570. The first-order valence-electron chi connectivity index (χ1n) is 4.27. The van der Waals surface area contributed by atoms with Crippen molar-refractivity contribution in [3.05, 3.63) is 0 Å². The summed E-state index contributed by atoms with van der Waals surface area (Å²) in [6.07, 6.45) is 1.19. The van der Waals surface area contributed by atoms with Gasteiger partial charge in [0.1, 0.15) is 0 Å². The zero-order valence-corrected chi connectivity index (χ0v) is 6.84. The Morgan fingerprint density at radius 1 is 1.55 bits per heavy atom. The molecule has 3 heteroatoms. The standard InChI is InChI=1S/C8H14N2O/c1-6(11)10-3-2-7-4-9-5-8(7)10/h7-9H,2-5H2,1H3/t7-,8+/m1/s1. The molecule has 0 aromatic carbocycles. The molecule has 2 aliphatic rings. The van der Waals surface area contributed by atoms with Gasteiger partial charge in [0.15, 0.2) is 0 Å². The van der Waals surface area contributed by atoms with E-state index in [-0.39, 0.29) is 5.91 Å². The Balaban J connectivity index is 2.08. The number of amides is 1. The van der Waals surface area contributed by atoms with Crippen LogP contribution in [-0.4, -0.2) is 36.5 Å². The van der Waals surface area contributed by atoms with Crippen LogP contribution >= 0.6 is 0 Å². The summed E-state index contributed by atoms with van der Waals surface area (Å²) in [5.74, 6) is 0.972. The lowest BCUT2D eigenvalue weighted by Crippen LogP contribution is -2.37. The molecule has 3 nitrogen and oxygen atoms in total. The molecular weight excluding hydrogens is 140 g/mol. The van der Waals surface area contributed by atoms with Crippen molar-refractivity contribution in [1.29, 1.82) is 0 Å². The van der Waals surface area contributed by atoms with Crippen molar-refractivity contribution >= 4 is 5.91 Å². The number of nitrogens with zero attached hydrogens (tertiary/aromatic N) is 1. The van der Waals surface area contributed by atoms with Crippen LogP contribution in [-0.2, 0) is 4.79 Å². The van der Waals surface area contributed by atoms with Gasteiger partial charge >= 0.3 is 0 Å². The van der Waals surface area contributed by atoms with Crippen LogP contribution in [0, 0.1) is 5.92 Å². The van der Waals surface area contributed by atoms with E-state index >= 15 is 0 Å². The van der Waals surface area contributed by atoms with Gasteiger partial charge in [-0.15, -0.1) is 0 Å². The van der Waals surface area contributed by atoms with Crippen molar-refractivity contribution in [3.8, 4) is 0 Å². The van der Waals surface area contributed by atoms with Crippen LogP contribution in [0.2, 0.25) is 0 Å². The monoisotopic (exact) mass is 154 g/mol. The van der Waals surface area contributed by atoms with Crippen molar-refractivity contribution in [2.75, 3.05) is 19.6 Å². The van der Waals surface area contributed by atoms with Gasteiger partial charge < -0.3 is 10.2 Å². The van der Waals surface area contributed by atoms with Crippen LogP contribution in [0.1, 0.15) is 13.3 Å². The molecular formula is C8H14N2O. The smallest absolute Gasteiger partial charge is 0.219 e. The van der Waals surface area contributed by atoms with Gasteiger partial charge in [0.05, 0.1) is 0 Å². The molecule has 62 valence electrons. The normalized spacial score (nSPS) is 35.9. The van der Waals surface area contributed by atoms with E-state index in [1.165, 1.54) is 6.42 Å². The number of carbonyl (C=O) groups excluding carboxylic acids is 1. The molecule has 0 aromatic heterocycles. The van der Waals surface area contributed by atoms with E-state index in [1.54, 1.807) is 6.92 Å². The summed E-state index contributed by atoms with van der Waals surface area (Å²) in [6.45, 7) is 4.76. The number of hydrogen-bond acceptors (Lipinski definition) is 2. The van der Waals surface area contributed by atoms with Gasteiger partial charge in [-0.1, -0.05) is 0 Å². The second-order valence-electron chi connectivity index (χ2n) is 3.49. The molecule has 0 spiro atoms. The lowest BCUT2D eigenvalue weighted by Gasteiger charge is -2.21. The van der Waals surface area contributed by atoms with Crippen LogP contribution in [0.3, 0.4) is 0 Å². The minimum absolute atomic E-state index is 0.237. The maximum atomic E-state index is 11.1. The van der Waals surface area contributed by atoms with Crippen molar-refractivity contribution in [1.82, 2.24) is 10.2 Å². The second kappa shape index (κ2) is 2.48. The Bertz CT molecular complexity index is 181. The summed E-state index contributed by atoms with van der Waals surface area (Å²) in [6, 6.07) is 0.507. The Kier molecular flexibility index (Phi) is 1.60. The van der Waals surface area contributed by atoms with Crippen molar-refractivity contribution in [2.45, 2.75) is 19.4 Å². The average Bonchev–Trinajstić information content (AvgIpc) is 2.41. The lowest BCUT2D eigenvalue weighted by molar-refractivity contribution is -0.129. The Morgan fingerprint density at radius 3 is 3.09 bits per heavy atom. The third-order valence-corrected chi connectivity index (χ3v) is 2.85. The maximum absolute atomic E-state index is 11.1. The number of rotatable bonds is 0. The molecule has 0 aromatic rings. The number of likely N-dealkylation sites (tertiary alicyclic amines) is 1. The van der Waals surface area contributed by atoms with Crippen LogP contribution in [0.15, 0.2) is 0 Å². The SMILES string of the molecule is CC(=O)N1CC[C@@H]2CNC[C@@H]21. The molecule has 2 fully saturated rings. The largest absolute Gasteiger partial charge is 0.338 e. The van der Waals surface area contributed by atoms with Gasteiger partial charge in [0.2, 0.25) is 5.91 Å². The summed E-state index contributed by atoms with van der Waals surface area (Å²) >= 11 is 0. The fraction of sp³-hybridized carbons (Fsp3) is 0.875. The summed E-state index contributed by atoms with van der Waals surface area (Å²) in [7, 11) is 0. The average molecular weight is 154 g/mol. The first-order chi connectivity index (χ1) is 5.29. The van der Waals surface area contributed by atoms with Gasteiger partial charge in [-0.25, -0.2) is 0 Å².